The number of hydrogen-bond donors (Lipinski definition) is 1. The molecule has 0 aromatic carbocycles. The molecular formula is C17H31N5O2. The molecule has 1 atom stereocenters. The molecule has 7 heteroatoms. The van der Waals surface area contributed by atoms with Crippen molar-refractivity contribution in [2.24, 2.45) is 0 Å². The molecule has 0 radical (unpaired) electrons. The lowest BCUT2D eigenvalue weighted by atomic mass is 10.2. The van der Waals surface area contributed by atoms with Crippen molar-refractivity contribution in [2.75, 3.05) is 51.3 Å². The number of rotatable bonds is 8. The Morgan fingerprint density at radius 3 is 2.92 bits per heavy atom. The van der Waals surface area contributed by atoms with E-state index < -0.39 is 0 Å². The van der Waals surface area contributed by atoms with E-state index in [0.717, 1.165) is 45.2 Å². The highest BCUT2D eigenvalue weighted by atomic mass is 16.5. The molecule has 0 saturated carbocycles. The van der Waals surface area contributed by atoms with Crippen molar-refractivity contribution < 1.29 is 9.53 Å². The number of nitrogens with one attached hydrogen (secondary N) is 1. The fourth-order valence-electron chi connectivity index (χ4n) is 3.08. The summed E-state index contributed by atoms with van der Waals surface area (Å²) in [6.07, 6.45) is 1.72. The van der Waals surface area contributed by atoms with Crippen LogP contribution in [-0.4, -0.2) is 77.5 Å². The van der Waals surface area contributed by atoms with E-state index in [1.807, 2.05) is 31.5 Å². The largest absolute Gasteiger partial charge is 0.380 e. The van der Waals surface area contributed by atoms with Crippen LogP contribution in [0.25, 0.3) is 0 Å². The molecule has 1 amide bonds. The van der Waals surface area contributed by atoms with Gasteiger partial charge in [0.05, 0.1) is 19.3 Å². The number of nitrogens with zero attached hydrogens (tertiary/aromatic N) is 4. The van der Waals surface area contributed by atoms with Gasteiger partial charge in [0.2, 0.25) is 5.91 Å². The number of amides is 1. The van der Waals surface area contributed by atoms with Crippen LogP contribution in [0, 0.1) is 0 Å². The molecule has 7 nitrogen and oxygen atoms in total. The van der Waals surface area contributed by atoms with Gasteiger partial charge in [-0.25, -0.2) is 4.68 Å². The minimum Gasteiger partial charge on any atom is -0.380 e. The number of piperazine rings is 1. The number of carbonyl (C=O) groups is 1. The zero-order valence-corrected chi connectivity index (χ0v) is 15.4. The summed E-state index contributed by atoms with van der Waals surface area (Å²) in [6, 6.07) is 2.50. The van der Waals surface area contributed by atoms with Gasteiger partial charge >= 0.3 is 0 Å². The van der Waals surface area contributed by atoms with Crippen molar-refractivity contribution in [1.82, 2.24) is 19.6 Å². The average Bonchev–Trinajstić information content (AvgIpc) is 2.97. The van der Waals surface area contributed by atoms with Gasteiger partial charge in [0, 0.05) is 50.9 Å². The minimum absolute atomic E-state index is 0.0207. The number of aromatic nitrogens is 2. The van der Waals surface area contributed by atoms with E-state index in [2.05, 4.69) is 27.1 Å². The summed E-state index contributed by atoms with van der Waals surface area (Å²) in [5.74, 6) is 0.783. The maximum Gasteiger partial charge on any atom is 0.239 e. The molecule has 0 unspecified atom stereocenters. The average molecular weight is 337 g/mol. The monoisotopic (exact) mass is 337 g/mol. The first-order chi connectivity index (χ1) is 11.5. The summed E-state index contributed by atoms with van der Waals surface area (Å²) in [4.78, 5) is 17.0. The van der Waals surface area contributed by atoms with Crippen molar-refractivity contribution in [2.45, 2.75) is 39.8 Å². The third-order valence-electron chi connectivity index (χ3n) is 4.37. The topological polar surface area (TPSA) is 62.6 Å². The molecule has 1 aromatic heterocycles. The van der Waals surface area contributed by atoms with E-state index in [-0.39, 0.29) is 11.9 Å². The lowest BCUT2D eigenvalue weighted by molar-refractivity contribution is -0.118. The Balaban J connectivity index is 1.78. The quantitative estimate of drug-likeness (QED) is 0.728. The SMILES string of the molecule is CCOCCN1CCN(CC(=O)Nc2ccnn2C(C)C)C[C@H]1C. The number of anilines is 1. The molecular weight excluding hydrogens is 306 g/mol. The summed E-state index contributed by atoms with van der Waals surface area (Å²) in [5, 5.41) is 7.22. The first kappa shape index (κ1) is 18.9. The second kappa shape index (κ2) is 9.15. The lowest BCUT2D eigenvalue weighted by Gasteiger charge is -2.39. The molecule has 136 valence electrons. The van der Waals surface area contributed by atoms with E-state index in [4.69, 9.17) is 4.74 Å². The van der Waals surface area contributed by atoms with E-state index in [1.165, 1.54) is 0 Å². The predicted octanol–water partition coefficient (Wildman–Crippen LogP) is 1.45. The van der Waals surface area contributed by atoms with Crippen LogP contribution in [0.4, 0.5) is 5.82 Å². The Bertz CT molecular complexity index is 517. The molecule has 1 aliphatic rings. The third kappa shape index (κ3) is 5.29. The molecule has 0 aliphatic carbocycles. The number of hydrogen-bond acceptors (Lipinski definition) is 5. The standard InChI is InChI=1S/C17H31N5O2/c1-5-24-11-10-21-9-8-20(12-15(21)4)13-17(23)19-16-6-7-18-22(16)14(2)3/h6-7,14-15H,5,8-13H2,1-4H3,(H,19,23)/t15-/m1/s1. The van der Waals surface area contributed by atoms with Crippen LogP contribution in [0.15, 0.2) is 12.3 Å². The van der Waals surface area contributed by atoms with Crippen molar-refractivity contribution in [3.8, 4) is 0 Å². The summed E-state index contributed by atoms with van der Waals surface area (Å²) < 4.78 is 7.26. The number of carbonyl (C=O) groups excluding carboxylic acids is 1. The molecule has 1 aliphatic heterocycles. The van der Waals surface area contributed by atoms with E-state index in [9.17, 15) is 4.79 Å². The maximum absolute atomic E-state index is 12.3. The van der Waals surface area contributed by atoms with Crippen LogP contribution >= 0.6 is 0 Å². The molecule has 2 heterocycles. The molecule has 0 bridgehead atoms. The fraction of sp³-hybridized carbons (Fsp3) is 0.765. The van der Waals surface area contributed by atoms with Crippen LogP contribution < -0.4 is 5.32 Å². The van der Waals surface area contributed by atoms with Crippen LogP contribution in [0.2, 0.25) is 0 Å². The van der Waals surface area contributed by atoms with Crippen molar-refractivity contribution in [3.05, 3.63) is 12.3 Å². The van der Waals surface area contributed by atoms with E-state index in [1.54, 1.807) is 6.20 Å². The minimum atomic E-state index is 0.0207. The van der Waals surface area contributed by atoms with Crippen LogP contribution in [-0.2, 0) is 9.53 Å². The second-order valence-corrected chi connectivity index (χ2v) is 6.62. The summed E-state index contributed by atoms with van der Waals surface area (Å²) >= 11 is 0. The van der Waals surface area contributed by atoms with Gasteiger partial charge in [-0.2, -0.15) is 5.10 Å². The first-order valence-electron chi connectivity index (χ1n) is 8.88. The zero-order chi connectivity index (χ0) is 17.5. The van der Waals surface area contributed by atoms with Gasteiger partial charge in [0.1, 0.15) is 5.82 Å². The summed E-state index contributed by atoms with van der Waals surface area (Å²) in [7, 11) is 0. The molecule has 0 spiro atoms. The van der Waals surface area contributed by atoms with E-state index >= 15 is 0 Å². The second-order valence-electron chi connectivity index (χ2n) is 6.62. The summed E-state index contributed by atoms with van der Waals surface area (Å²) in [6.45, 7) is 14.0. The number of ether oxygens (including phenoxy) is 1. The van der Waals surface area contributed by atoms with Gasteiger partial charge in [-0.3, -0.25) is 14.6 Å². The Kier molecular flexibility index (Phi) is 7.20. The maximum atomic E-state index is 12.3. The molecule has 1 aromatic rings. The molecule has 1 saturated heterocycles. The molecule has 1 N–H and O–H groups in total. The van der Waals surface area contributed by atoms with Crippen molar-refractivity contribution in [3.63, 3.8) is 0 Å². The zero-order valence-electron chi connectivity index (χ0n) is 15.4. The van der Waals surface area contributed by atoms with Gasteiger partial charge in [-0.1, -0.05) is 0 Å². The Labute approximate surface area is 144 Å². The van der Waals surface area contributed by atoms with Gasteiger partial charge in [0.25, 0.3) is 0 Å². The highest BCUT2D eigenvalue weighted by Crippen LogP contribution is 2.14. The van der Waals surface area contributed by atoms with Crippen molar-refractivity contribution in [1.29, 1.82) is 0 Å². The highest BCUT2D eigenvalue weighted by Gasteiger charge is 2.24. The Morgan fingerprint density at radius 1 is 1.46 bits per heavy atom. The van der Waals surface area contributed by atoms with Gasteiger partial charge < -0.3 is 10.1 Å². The fourth-order valence-corrected chi connectivity index (χ4v) is 3.08. The van der Waals surface area contributed by atoms with Crippen LogP contribution in [0.3, 0.4) is 0 Å². The highest BCUT2D eigenvalue weighted by molar-refractivity contribution is 5.91. The smallest absolute Gasteiger partial charge is 0.239 e. The molecule has 24 heavy (non-hydrogen) atoms. The lowest BCUT2D eigenvalue weighted by Crippen LogP contribution is -2.54. The van der Waals surface area contributed by atoms with Crippen molar-refractivity contribution >= 4 is 11.7 Å². The van der Waals surface area contributed by atoms with E-state index in [0.29, 0.717) is 12.6 Å². The van der Waals surface area contributed by atoms with Gasteiger partial charge in [-0.15, -0.1) is 0 Å². The predicted molar refractivity (Wildman–Crippen MR) is 95.2 cm³/mol. The van der Waals surface area contributed by atoms with Gasteiger partial charge in [0.15, 0.2) is 0 Å². The molecule has 1 fully saturated rings. The third-order valence-corrected chi connectivity index (χ3v) is 4.37. The first-order valence-corrected chi connectivity index (χ1v) is 8.88. The Hall–Kier alpha value is -1.44. The normalized spacial score (nSPS) is 19.8. The van der Waals surface area contributed by atoms with Gasteiger partial charge in [-0.05, 0) is 27.7 Å². The van der Waals surface area contributed by atoms with Crippen LogP contribution in [0.1, 0.15) is 33.7 Å². The molecule has 2 rings (SSSR count). The summed E-state index contributed by atoms with van der Waals surface area (Å²) in [5.41, 5.74) is 0. The van der Waals surface area contributed by atoms with Crippen LogP contribution in [0.5, 0.6) is 0 Å². The Morgan fingerprint density at radius 2 is 2.25 bits per heavy atom.